The van der Waals surface area contributed by atoms with Crippen molar-refractivity contribution in [2.75, 3.05) is 0 Å². The highest BCUT2D eigenvalue weighted by Gasteiger charge is 2.13. The first-order valence-electron chi connectivity index (χ1n) is 6.02. The molecule has 3 rings (SSSR count). The molecule has 3 nitrogen and oxygen atoms in total. The Hall–Kier alpha value is -2.16. The van der Waals surface area contributed by atoms with Crippen LogP contribution in [0.3, 0.4) is 0 Å². The molecule has 2 heterocycles. The normalized spacial score (nSPS) is 11.1. The summed E-state index contributed by atoms with van der Waals surface area (Å²) in [7, 11) is 2.05. The molecule has 0 saturated carbocycles. The predicted octanol–water partition coefficient (Wildman–Crippen LogP) is 3.25. The van der Waals surface area contributed by atoms with Crippen molar-refractivity contribution in [3.63, 3.8) is 0 Å². The van der Waals surface area contributed by atoms with Crippen molar-refractivity contribution in [1.82, 2.24) is 14.5 Å². The van der Waals surface area contributed by atoms with Gasteiger partial charge in [-0.2, -0.15) is 0 Å². The van der Waals surface area contributed by atoms with Gasteiger partial charge >= 0.3 is 0 Å². The lowest BCUT2D eigenvalue weighted by molar-refractivity contribution is 0.950. The maximum absolute atomic E-state index is 4.73. The van der Waals surface area contributed by atoms with Crippen molar-refractivity contribution < 1.29 is 0 Å². The van der Waals surface area contributed by atoms with Gasteiger partial charge < -0.3 is 4.57 Å². The molecule has 0 unspecified atom stereocenters. The summed E-state index contributed by atoms with van der Waals surface area (Å²) in [5.41, 5.74) is 5.54. The van der Waals surface area contributed by atoms with Gasteiger partial charge in [-0.15, -0.1) is 0 Å². The van der Waals surface area contributed by atoms with Crippen LogP contribution >= 0.6 is 0 Å². The van der Waals surface area contributed by atoms with Crippen molar-refractivity contribution in [2.24, 2.45) is 7.05 Å². The van der Waals surface area contributed by atoms with E-state index in [1.54, 1.807) is 0 Å². The standard InChI is InChI=1S/C15H15N3/c1-10-8-9-16-11(2)14(10)15-17-12-6-4-5-7-13(12)18(15)3/h4-9H,1-3H3. The van der Waals surface area contributed by atoms with Gasteiger partial charge in [0, 0.05) is 24.5 Å². The number of rotatable bonds is 1. The SMILES string of the molecule is Cc1ccnc(C)c1-c1nc2ccccc2n1C. The summed E-state index contributed by atoms with van der Waals surface area (Å²) in [6.07, 6.45) is 1.84. The van der Waals surface area contributed by atoms with Gasteiger partial charge in [0.15, 0.2) is 0 Å². The van der Waals surface area contributed by atoms with Gasteiger partial charge in [-0.3, -0.25) is 4.98 Å². The lowest BCUT2D eigenvalue weighted by atomic mass is 10.1. The molecule has 0 saturated heterocycles. The highest BCUT2D eigenvalue weighted by molar-refractivity contribution is 5.81. The van der Waals surface area contributed by atoms with Crippen LogP contribution in [-0.2, 0) is 7.05 Å². The molecule has 0 bridgehead atoms. The smallest absolute Gasteiger partial charge is 0.142 e. The monoisotopic (exact) mass is 237 g/mol. The minimum absolute atomic E-state index is 0.985. The molecule has 0 aliphatic heterocycles. The second-order valence-electron chi connectivity index (χ2n) is 4.57. The van der Waals surface area contributed by atoms with Crippen LogP contribution in [0.25, 0.3) is 22.4 Å². The summed E-state index contributed by atoms with van der Waals surface area (Å²) in [6.45, 7) is 4.13. The molecule has 1 aromatic carbocycles. The average molecular weight is 237 g/mol. The topological polar surface area (TPSA) is 30.7 Å². The zero-order chi connectivity index (χ0) is 12.7. The summed E-state index contributed by atoms with van der Waals surface area (Å²) in [5, 5.41) is 0. The summed E-state index contributed by atoms with van der Waals surface area (Å²) in [4.78, 5) is 9.10. The van der Waals surface area contributed by atoms with Gasteiger partial charge in [0.05, 0.1) is 11.0 Å². The fourth-order valence-corrected chi connectivity index (χ4v) is 2.40. The third-order valence-electron chi connectivity index (χ3n) is 3.36. The second kappa shape index (κ2) is 3.95. The van der Waals surface area contributed by atoms with Gasteiger partial charge in [-0.05, 0) is 37.6 Å². The van der Waals surface area contributed by atoms with E-state index >= 15 is 0 Å². The van der Waals surface area contributed by atoms with E-state index in [1.807, 2.05) is 37.4 Å². The van der Waals surface area contributed by atoms with E-state index in [9.17, 15) is 0 Å². The number of fused-ring (bicyclic) bond motifs is 1. The summed E-state index contributed by atoms with van der Waals surface area (Å²) in [5.74, 6) is 0.985. The minimum Gasteiger partial charge on any atom is -0.327 e. The van der Waals surface area contributed by atoms with Gasteiger partial charge in [-0.1, -0.05) is 12.1 Å². The molecule has 3 aromatic rings. The van der Waals surface area contributed by atoms with Gasteiger partial charge in [0.25, 0.3) is 0 Å². The Morgan fingerprint density at radius 3 is 2.56 bits per heavy atom. The van der Waals surface area contributed by atoms with Crippen molar-refractivity contribution in [2.45, 2.75) is 13.8 Å². The maximum atomic E-state index is 4.73. The fourth-order valence-electron chi connectivity index (χ4n) is 2.40. The van der Waals surface area contributed by atoms with Crippen LogP contribution in [0.1, 0.15) is 11.3 Å². The van der Waals surface area contributed by atoms with Crippen molar-refractivity contribution in [1.29, 1.82) is 0 Å². The molecule has 3 heteroatoms. The Morgan fingerprint density at radius 2 is 1.83 bits per heavy atom. The van der Waals surface area contributed by atoms with Crippen LogP contribution in [0.2, 0.25) is 0 Å². The van der Waals surface area contributed by atoms with Crippen LogP contribution < -0.4 is 0 Å². The lowest BCUT2D eigenvalue weighted by Crippen LogP contribution is -1.98. The summed E-state index contributed by atoms with van der Waals surface area (Å²) >= 11 is 0. The molecule has 0 atom stereocenters. The molecule has 0 radical (unpaired) electrons. The summed E-state index contributed by atoms with van der Waals surface area (Å²) < 4.78 is 2.13. The van der Waals surface area contributed by atoms with Crippen molar-refractivity contribution in [3.8, 4) is 11.4 Å². The fraction of sp³-hybridized carbons (Fsp3) is 0.200. The predicted molar refractivity (Wildman–Crippen MR) is 73.4 cm³/mol. The lowest BCUT2D eigenvalue weighted by Gasteiger charge is -2.08. The average Bonchev–Trinajstić information content (AvgIpc) is 2.68. The van der Waals surface area contributed by atoms with E-state index in [0.717, 1.165) is 28.1 Å². The van der Waals surface area contributed by atoms with E-state index < -0.39 is 0 Å². The van der Waals surface area contributed by atoms with Crippen molar-refractivity contribution >= 4 is 11.0 Å². The number of aryl methyl sites for hydroxylation is 3. The highest BCUT2D eigenvalue weighted by atomic mass is 15.1. The quantitative estimate of drug-likeness (QED) is 0.650. The maximum Gasteiger partial charge on any atom is 0.142 e. The molecule has 90 valence electrons. The van der Waals surface area contributed by atoms with E-state index in [0.29, 0.717) is 0 Å². The Morgan fingerprint density at radius 1 is 1.06 bits per heavy atom. The second-order valence-corrected chi connectivity index (χ2v) is 4.57. The van der Waals surface area contributed by atoms with Gasteiger partial charge in [-0.25, -0.2) is 4.98 Å². The summed E-state index contributed by atoms with van der Waals surface area (Å²) in [6, 6.07) is 10.2. The Balaban J connectivity index is 2.36. The third kappa shape index (κ3) is 1.51. The molecular formula is C15H15N3. The number of hydrogen-bond donors (Lipinski definition) is 0. The zero-order valence-electron chi connectivity index (χ0n) is 10.8. The number of nitrogens with zero attached hydrogens (tertiary/aromatic N) is 3. The number of hydrogen-bond acceptors (Lipinski definition) is 2. The number of imidazole rings is 1. The number of pyridine rings is 1. The molecule has 0 N–H and O–H groups in total. The minimum atomic E-state index is 0.985. The molecule has 18 heavy (non-hydrogen) atoms. The van der Waals surface area contributed by atoms with Gasteiger partial charge in [0.1, 0.15) is 5.82 Å². The van der Waals surface area contributed by atoms with Crippen LogP contribution in [0.5, 0.6) is 0 Å². The molecule has 0 aliphatic carbocycles. The number of benzene rings is 1. The molecule has 0 fully saturated rings. The first-order valence-corrected chi connectivity index (χ1v) is 6.02. The van der Waals surface area contributed by atoms with Crippen LogP contribution in [0.15, 0.2) is 36.5 Å². The van der Waals surface area contributed by atoms with Crippen LogP contribution in [0, 0.1) is 13.8 Å². The van der Waals surface area contributed by atoms with Crippen LogP contribution in [-0.4, -0.2) is 14.5 Å². The first kappa shape index (κ1) is 11.0. The molecule has 0 spiro atoms. The Kier molecular flexibility index (Phi) is 2.40. The molecule has 2 aromatic heterocycles. The van der Waals surface area contributed by atoms with Gasteiger partial charge in [0.2, 0.25) is 0 Å². The first-order chi connectivity index (χ1) is 8.68. The highest BCUT2D eigenvalue weighted by Crippen LogP contribution is 2.27. The van der Waals surface area contributed by atoms with E-state index in [2.05, 4.69) is 29.6 Å². The van der Waals surface area contributed by atoms with E-state index in [-0.39, 0.29) is 0 Å². The third-order valence-corrected chi connectivity index (χ3v) is 3.36. The Bertz CT molecular complexity index is 705. The Labute approximate surface area is 106 Å². The van der Waals surface area contributed by atoms with E-state index in [4.69, 9.17) is 4.98 Å². The van der Waals surface area contributed by atoms with Crippen LogP contribution in [0.4, 0.5) is 0 Å². The number of aromatic nitrogens is 3. The molecular weight excluding hydrogens is 222 g/mol. The van der Waals surface area contributed by atoms with Crippen molar-refractivity contribution in [3.05, 3.63) is 47.8 Å². The van der Waals surface area contributed by atoms with E-state index in [1.165, 1.54) is 5.56 Å². The zero-order valence-corrected chi connectivity index (χ0v) is 10.8. The number of para-hydroxylation sites is 2. The molecule has 0 aliphatic rings. The largest absolute Gasteiger partial charge is 0.327 e. The molecule has 0 amide bonds.